The van der Waals surface area contributed by atoms with Gasteiger partial charge in [-0.1, -0.05) is 11.6 Å². The molecule has 110 valence electrons. The number of carboxylic acids is 1. The standard InChI is InChI=1S/C15H20ClNO3/c1-20-14-3-2-13(16)10-12(14)6-9-17-7-4-11(5-8-17)15(18)19/h2-3,10-11H,4-9H2,1H3,(H,18,19). The summed E-state index contributed by atoms with van der Waals surface area (Å²) >= 11 is 6.01. The molecule has 1 saturated heterocycles. The lowest BCUT2D eigenvalue weighted by atomic mass is 9.97. The number of hydrogen-bond donors (Lipinski definition) is 1. The van der Waals surface area contributed by atoms with Gasteiger partial charge >= 0.3 is 5.97 Å². The fourth-order valence-corrected chi connectivity index (χ4v) is 2.82. The minimum absolute atomic E-state index is 0.174. The highest BCUT2D eigenvalue weighted by Crippen LogP contribution is 2.24. The molecular formula is C15H20ClNO3. The first-order chi connectivity index (χ1) is 9.60. The lowest BCUT2D eigenvalue weighted by Gasteiger charge is -2.30. The minimum Gasteiger partial charge on any atom is -0.496 e. The van der Waals surface area contributed by atoms with E-state index < -0.39 is 5.97 Å². The van der Waals surface area contributed by atoms with E-state index in [0.717, 1.165) is 50.2 Å². The van der Waals surface area contributed by atoms with E-state index in [2.05, 4.69) is 4.90 Å². The Bertz CT molecular complexity index is 470. The van der Waals surface area contributed by atoms with Crippen LogP contribution < -0.4 is 4.74 Å². The molecule has 1 aromatic rings. The van der Waals surface area contributed by atoms with Crippen molar-refractivity contribution in [1.29, 1.82) is 0 Å². The SMILES string of the molecule is COc1ccc(Cl)cc1CCN1CCC(C(=O)O)CC1. The molecule has 1 N–H and O–H groups in total. The van der Waals surface area contributed by atoms with Gasteiger partial charge in [-0.2, -0.15) is 0 Å². The van der Waals surface area contributed by atoms with Gasteiger partial charge in [0.1, 0.15) is 5.75 Å². The predicted molar refractivity (Wildman–Crippen MR) is 78.5 cm³/mol. The van der Waals surface area contributed by atoms with Gasteiger partial charge in [0.05, 0.1) is 13.0 Å². The highest BCUT2D eigenvalue weighted by Gasteiger charge is 2.24. The van der Waals surface area contributed by atoms with Crippen molar-refractivity contribution < 1.29 is 14.6 Å². The summed E-state index contributed by atoms with van der Waals surface area (Å²) < 4.78 is 5.33. The highest BCUT2D eigenvalue weighted by molar-refractivity contribution is 6.30. The fraction of sp³-hybridized carbons (Fsp3) is 0.533. The molecule has 1 aliphatic rings. The Balaban J connectivity index is 1.87. The molecule has 1 heterocycles. The number of benzene rings is 1. The van der Waals surface area contributed by atoms with E-state index in [4.69, 9.17) is 21.4 Å². The van der Waals surface area contributed by atoms with Crippen LogP contribution in [0.5, 0.6) is 5.75 Å². The molecule has 1 fully saturated rings. The van der Waals surface area contributed by atoms with Crippen LogP contribution in [-0.2, 0) is 11.2 Å². The maximum atomic E-state index is 10.9. The number of methoxy groups -OCH3 is 1. The van der Waals surface area contributed by atoms with Crippen LogP contribution in [0.3, 0.4) is 0 Å². The van der Waals surface area contributed by atoms with Crippen molar-refractivity contribution in [2.24, 2.45) is 5.92 Å². The summed E-state index contributed by atoms with van der Waals surface area (Å²) in [6.07, 6.45) is 2.34. The van der Waals surface area contributed by atoms with Crippen molar-refractivity contribution in [2.45, 2.75) is 19.3 Å². The van der Waals surface area contributed by atoms with Crippen molar-refractivity contribution in [2.75, 3.05) is 26.7 Å². The van der Waals surface area contributed by atoms with Crippen molar-refractivity contribution in [3.8, 4) is 5.75 Å². The molecule has 0 radical (unpaired) electrons. The van der Waals surface area contributed by atoms with Crippen LogP contribution in [0.1, 0.15) is 18.4 Å². The zero-order valence-electron chi connectivity index (χ0n) is 11.6. The van der Waals surface area contributed by atoms with Crippen LogP contribution in [0, 0.1) is 5.92 Å². The second-order valence-electron chi connectivity index (χ2n) is 5.16. The Kier molecular flexibility index (Phi) is 5.26. The Morgan fingerprint density at radius 1 is 1.45 bits per heavy atom. The van der Waals surface area contributed by atoms with Crippen molar-refractivity contribution >= 4 is 17.6 Å². The highest BCUT2D eigenvalue weighted by atomic mass is 35.5. The molecule has 0 saturated carbocycles. The van der Waals surface area contributed by atoms with Gasteiger partial charge in [-0.05, 0) is 56.1 Å². The second kappa shape index (κ2) is 6.95. The normalized spacial score (nSPS) is 17.1. The largest absolute Gasteiger partial charge is 0.496 e. The van der Waals surface area contributed by atoms with Gasteiger partial charge in [-0.25, -0.2) is 0 Å². The number of carboxylic acid groups (broad SMARTS) is 1. The molecular weight excluding hydrogens is 278 g/mol. The molecule has 0 spiro atoms. The molecule has 1 aliphatic heterocycles. The lowest BCUT2D eigenvalue weighted by molar-refractivity contribution is -0.143. The number of likely N-dealkylation sites (tertiary alicyclic amines) is 1. The molecule has 5 heteroatoms. The molecule has 0 bridgehead atoms. The summed E-state index contributed by atoms with van der Waals surface area (Å²) in [5.74, 6) is 0.0166. The number of nitrogens with zero attached hydrogens (tertiary/aromatic N) is 1. The van der Waals surface area contributed by atoms with E-state index in [1.165, 1.54) is 0 Å². The zero-order valence-corrected chi connectivity index (χ0v) is 12.4. The maximum Gasteiger partial charge on any atom is 0.306 e. The van der Waals surface area contributed by atoms with Crippen molar-refractivity contribution in [1.82, 2.24) is 4.90 Å². The van der Waals surface area contributed by atoms with Crippen LogP contribution >= 0.6 is 11.6 Å². The molecule has 0 unspecified atom stereocenters. The van der Waals surface area contributed by atoms with Gasteiger partial charge in [0.25, 0.3) is 0 Å². The number of rotatable bonds is 5. The van der Waals surface area contributed by atoms with Gasteiger partial charge in [0, 0.05) is 11.6 Å². The van der Waals surface area contributed by atoms with Crippen LogP contribution in [0.15, 0.2) is 18.2 Å². The van der Waals surface area contributed by atoms with Crippen LogP contribution in [0.25, 0.3) is 0 Å². The van der Waals surface area contributed by atoms with Crippen molar-refractivity contribution in [3.63, 3.8) is 0 Å². The van der Waals surface area contributed by atoms with Crippen LogP contribution in [0.2, 0.25) is 5.02 Å². The first-order valence-corrected chi connectivity index (χ1v) is 7.25. The first-order valence-electron chi connectivity index (χ1n) is 6.87. The average Bonchev–Trinajstić information content (AvgIpc) is 2.45. The summed E-state index contributed by atoms with van der Waals surface area (Å²) in [5, 5.41) is 9.69. The molecule has 4 nitrogen and oxygen atoms in total. The Labute approximate surface area is 124 Å². The molecule has 1 aromatic carbocycles. The Morgan fingerprint density at radius 3 is 2.75 bits per heavy atom. The third-order valence-corrected chi connectivity index (χ3v) is 4.11. The lowest BCUT2D eigenvalue weighted by Crippen LogP contribution is -2.37. The first kappa shape index (κ1) is 15.1. The van der Waals surface area contributed by atoms with Gasteiger partial charge < -0.3 is 14.7 Å². The van der Waals surface area contributed by atoms with E-state index >= 15 is 0 Å². The van der Waals surface area contributed by atoms with Crippen LogP contribution in [-0.4, -0.2) is 42.7 Å². The number of aliphatic carboxylic acids is 1. The van der Waals surface area contributed by atoms with Gasteiger partial charge in [0.2, 0.25) is 0 Å². The van der Waals surface area contributed by atoms with E-state index in [-0.39, 0.29) is 5.92 Å². The zero-order chi connectivity index (χ0) is 14.5. The maximum absolute atomic E-state index is 10.9. The molecule has 0 amide bonds. The average molecular weight is 298 g/mol. The van der Waals surface area contributed by atoms with Gasteiger partial charge in [-0.15, -0.1) is 0 Å². The monoisotopic (exact) mass is 297 g/mol. The molecule has 0 atom stereocenters. The predicted octanol–water partition coefficient (Wildman–Crippen LogP) is 2.69. The number of ether oxygens (including phenoxy) is 1. The Morgan fingerprint density at radius 2 is 2.15 bits per heavy atom. The summed E-state index contributed by atoms with van der Waals surface area (Å²) in [6, 6.07) is 5.64. The van der Waals surface area contributed by atoms with E-state index in [1.54, 1.807) is 7.11 Å². The van der Waals surface area contributed by atoms with E-state index in [9.17, 15) is 4.79 Å². The van der Waals surface area contributed by atoms with Crippen LogP contribution in [0.4, 0.5) is 0 Å². The van der Waals surface area contributed by atoms with Gasteiger partial charge in [-0.3, -0.25) is 4.79 Å². The second-order valence-corrected chi connectivity index (χ2v) is 5.60. The molecule has 0 aromatic heterocycles. The molecule has 0 aliphatic carbocycles. The summed E-state index contributed by atoms with van der Waals surface area (Å²) in [6.45, 7) is 2.60. The number of piperidine rings is 1. The number of carbonyl (C=O) groups is 1. The Hall–Kier alpha value is -1.26. The van der Waals surface area contributed by atoms with Gasteiger partial charge in [0.15, 0.2) is 0 Å². The summed E-state index contributed by atoms with van der Waals surface area (Å²) in [5.41, 5.74) is 1.10. The minimum atomic E-state index is -0.666. The summed E-state index contributed by atoms with van der Waals surface area (Å²) in [4.78, 5) is 13.2. The third kappa shape index (κ3) is 3.87. The smallest absolute Gasteiger partial charge is 0.306 e. The van der Waals surface area contributed by atoms with Crippen molar-refractivity contribution in [3.05, 3.63) is 28.8 Å². The number of halogens is 1. The molecule has 2 rings (SSSR count). The van der Waals surface area contributed by atoms with E-state index in [0.29, 0.717) is 5.02 Å². The topological polar surface area (TPSA) is 49.8 Å². The summed E-state index contributed by atoms with van der Waals surface area (Å²) in [7, 11) is 1.66. The quantitative estimate of drug-likeness (QED) is 0.908. The van der Waals surface area contributed by atoms with E-state index in [1.807, 2.05) is 18.2 Å². The third-order valence-electron chi connectivity index (χ3n) is 3.88. The number of hydrogen-bond acceptors (Lipinski definition) is 3. The fourth-order valence-electron chi connectivity index (χ4n) is 2.62. The molecule has 20 heavy (non-hydrogen) atoms.